The molecule has 0 spiro atoms. The van der Waals surface area contributed by atoms with E-state index in [4.69, 9.17) is 0 Å². The summed E-state index contributed by atoms with van der Waals surface area (Å²) < 4.78 is 2.29. The first-order chi connectivity index (χ1) is 7.24. The first kappa shape index (κ1) is 12.2. The number of nitrogens with one attached hydrogen (secondary N) is 1. The largest absolute Gasteiger partial charge is 0.325 e. The second-order valence-electron chi connectivity index (χ2n) is 3.74. The highest BCUT2D eigenvalue weighted by molar-refractivity contribution is 6.59. The van der Waals surface area contributed by atoms with E-state index in [1.807, 2.05) is 6.07 Å². The topological polar surface area (TPSA) is 15.3 Å². The van der Waals surface area contributed by atoms with Crippen molar-refractivity contribution >= 4 is 15.2 Å². The van der Waals surface area contributed by atoms with Gasteiger partial charge >= 0.3 is 0 Å². The van der Waals surface area contributed by atoms with E-state index >= 15 is 0 Å². The first-order valence-corrected chi connectivity index (χ1v) is 7.13. The Balaban J connectivity index is 2.61. The van der Waals surface area contributed by atoms with E-state index < -0.39 is 9.12 Å². The van der Waals surface area contributed by atoms with Gasteiger partial charge in [-0.3, -0.25) is 0 Å². The van der Waals surface area contributed by atoms with Crippen LogP contribution in [0.5, 0.6) is 0 Å². The monoisotopic (exact) mass is 220 g/mol. The summed E-state index contributed by atoms with van der Waals surface area (Å²) in [6, 6.07) is 10.4. The molecule has 1 aromatic carbocycles. The second kappa shape index (κ2) is 6.56. The van der Waals surface area contributed by atoms with Crippen LogP contribution < -0.4 is 4.98 Å². The van der Waals surface area contributed by atoms with E-state index in [9.17, 15) is 0 Å². The highest BCUT2D eigenvalue weighted by Crippen LogP contribution is 2.01. The van der Waals surface area contributed by atoms with Gasteiger partial charge in [0.05, 0.1) is 0 Å². The Bertz CT molecular complexity index is 296. The van der Waals surface area contributed by atoms with Crippen molar-refractivity contribution in [3.05, 3.63) is 41.6 Å². The maximum atomic E-state index is 3.53. The number of benzene rings is 1. The average Bonchev–Trinajstić information content (AvgIpc) is 2.25. The van der Waals surface area contributed by atoms with Gasteiger partial charge in [-0.05, 0) is 26.2 Å². The van der Waals surface area contributed by atoms with Gasteiger partial charge in [-0.1, -0.05) is 49.0 Å². The summed E-state index contributed by atoms with van der Waals surface area (Å²) in [7, 11) is 3.19. The van der Waals surface area contributed by atoms with Crippen molar-refractivity contribution in [2.75, 3.05) is 20.6 Å². The molecule has 0 amide bonds. The molecule has 1 atom stereocenters. The minimum atomic E-state index is -1.07. The van der Waals surface area contributed by atoms with Gasteiger partial charge in [0.25, 0.3) is 0 Å². The molecule has 15 heavy (non-hydrogen) atoms. The molecule has 1 unspecified atom stereocenters. The Hall–Kier alpha value is -0.903. The molecule has 0 saturated heterocycles. The van der Waals surface area contributed by atoms with Crippen molar-refractivity contribution in [2.24, 2.45) is 0 Å². The molecule has 82 valence electrons. The van der Waals surface area contributed by atoms with Crippen molar-refractivity contribution in [1.82, 2.24) is 9.55 Å². The van der Waals surface area contributed by atoms with Gasteiger partial charge in [-0.15, -0.1) is 0 Å². The van der Waals surface area contributed by atoms with Gasteiger partial charge in [0.2, 0.25) is 9.12 Å². The third kappa shape index (κ3) is 4.42. The molecule has 1 aromatic rings. The molecule has 1 rings (SSSR count). The molecular formula is C12H20N2Si. The molecular weight excluding hydrogens is 200 g/mol. The van der Waals surface area contributed by atoms with Gasteiger partial charge < -0.3 is 9.55 Å². The van der Waals surface area contributed by atoms with Crippen LogP contribution in [0.2, 0.25) is 0 Å². The minimum absolute atomic E-state index is 1.04. The molecule has 0 aliphatic carbocycles. The van der Waals surface area contributed by atoms with Crippen LogP contribution >= 0.6 is 0 Å². The summed E-state index contributed by atoms with van der Waals surface area (Å²) in [4.78, 5) is 3.53. The third-order valence-corrected chi connectivity index (χ3v) is 4.74. The van der Waals surface area contributed by atoms with Crippen LogP contribution in [0.4, 0.5) is 0 Å². The fraction of sp³-hybridized carbons (Fsp3) is 0.333. The minimum Gasteiger partial charge on any atom is -0.325 e. The summed E-state index contributed by atoms with van der Waals surface area (Å²) in [5.41, 5.74) is 3.59. The van der Waals surface area contributed by atoms with Crippen LogP contribution in [0, 0.1) is 0 Å². The highest BCUT2D eigenvalue weighted by atomic mass is 28.3. The molecule has 0 heterocycles. The van der Waals surface area contributed by atoms with Gasteiger partial charge in [0, 0.05) is 0 Å². The van der Waals surface area contributed by atoms with Crippen molar-refractivity contribution < 1.29 is 0 Å². The van der Waals surface area contributed by atoms with Crippen LogP contribution in [0.25, 0.3) is 6.08 Å². The SMILES string of the molecule is CCN[SiH](C=Cc1ccccc1)N(C)C. The maximum absolute atomic E-state index is 3.53. The molecule has 0 fully saturated rings. The van der Waals surface area contributed by atoms with Gasteiger partial charge in [0.1, 0.15) is 0 Å². The van der Waals surface area contributed by atoms with E-state index in [1.54, 1.807) is 0 Å². The first-order valence-electron chi connectivity index (χ1n) is 5.37. The Morgan fingerprint density at radius 2 is 1.93 bits per heavy atom. The van der Waals surface area contributed by atoms with E-state index in [1.165, 1.54) is 5.56 Å². The van der Waals surface area contributed by atoms with Crippen molar-refractivity contribution in [3.63, 3.8) is 0 Å². The molecule has 0 bridgehead atoms. The molecule has 0 aliphatic rings. The lowest BCUT2D eigenvalue weighted by Crippen LogP contribution is -2.44. The smallest absolute Gasteiger partial charge is 0.212 e. The Morgan fingerprint density at radius 3 is 2.47 bits per heavy atom. The third-order valence-electron chi connectivity index (χ3n) is 2.24. The van der Waals surface area contributed by atoms with Gasteiger partial charge in [-0.25, -0.2) is 0 Å². The summed E-state index contributed by atoms with van der Waals surface area (Å²) in [6.07, 6.45) is 2.21. The van der Waals surface area contributed by atoms with E-state index in [2.05, 4.69) is 66.6 Å². The summed E-state index contributed by atoms with van der Waals surface area (Å²) in [5, 5.41) is 0. The van der Waals surface area contributed by atoms with Crippen LogP contribution in [-0.2, 0) is 0 Å². The Kier molecular flexibility index (Phi) is 5.32. The van der Waals surface area contributed by atoms with Crippen molar-refractivity contribution in [3.8, 4) is 0 Å². The van der Waals surface area contributed by atoms with Crippen LogP contribution in [-0.4, -0.2) is 34.3 Å². The summed E-state index contributed by atoms with van der Waals surface area (Å²) >= 11 is 0. The molecule has 3 heteroatoms. The fourth-order valence-corrected chi connectivity index (χ4v) is 3.07. The summed E-state index contributed by atoms with van der Waals surface area (Å²) in [5.74, 6) is 0. The number of hydrogen-bond acceptors (Lipinski definition) is 2. The second-order valence-corrected chi connectivity index (χ2v) is 6.45. The highest BCUT2D eigenvalue weighted by Gasteiger charge is 2.06. The van der Waals surface area contributed by atoms with Crippen molar-refractivity contribution in [1.29, 1.82) is 0 Å². The van der Waals surface area contributed by atoms with Crippen LogP contribution in [0.1, 0.15) is 12.5 Å². The zero-order valence-corrected chi connectivity index (χ0v) is 10.9. The van der Waals surface area contributed by atoms with Gasteiger partial charge in [-0.2, -0.15) is 0 Å². The normalized spacial score (nSPS) is 13.6. The molecule has 0 aliphatic heterocycles. The zero-order valence-electron chi connectivity index (χ0n) is 9.77. The van der Waals surface area contributed by atoms with Crippen molar-refractivity contribution in [2.45, 2.75) is 6.92 Å². The predicted octanol–water partition coefficient (Wildman–Crippen LogP) is 1.63. The lowest BCUT2D eigenvalue weighted by atomic mass is 10.2. The maximum Gasteiger partial charge on any atom is 0.212 e. The molecule has 0 saturated carbocycles. The van der Waals surface area contributed by atoms with Crippen LogP contribution in [0.15, 0.2) is 36.0 Å². The van der Waals surface area contributed by atoms with E-state index in [0.717, 1.165) is 6.54 Å². The molecule has 0 aromatic heterocycles. The predicted molar refractivity (Wildman–Crippen MR) is 70.0 cm³/mol. The van der Waals surface area contributed by atoms with E-state index in [-0.39, 0.29) is 0 Å². The zero-order chi connectivity index (χ0) is 11.1. The number of nitrogens with zero attached hydrogens (tertiary/aromatic N) is 1. The number of hydrogen-bond donors (Lipinski definition) is 1. The van der Waals surface area contributed by atoms with E-state index in [0.29, 0.717) is 0 Å². The molecule has 0 radical (unpaired) electrons. The lowest BCUT2D eigenvalue weighted by Gasteiger charge is -2.19. The Morgan fingerprint density at radius 1 is 1.27 bits per heavy atom. The molecule has 1 N–H and O–H groups in total. The number of rotatable bonds is 5. The lowest BCUT2D eigenvalue weighted by molar-refractivity contribution is 0.627. The Labute approximate surface area is 94.4 Å². The fourth-order valence-electron chi connectivity index (χ4n) is 1.40. The average molecular weight is 220 g/mol. The summed E-state index contributed by atoms with van der Waals surface area (Å²) in [6.45, 7) is 3.19. The van der Waals surface area contributed by atoms with Crippen LogP contribution in [0.3, 0.4) is 0 Å². The standard InChI is InChI=1S/C12H20N2Si/c1-4-13-15(14(2)3)11-10-12-8-6-5-7-9-12/h5-11,13,15H,4H2,1-3H3. The van der Waals surface area contributed by atoms with Gasteiger partial charge in [0.15, 0.2) is 0 Å². The quantitative estimate of drug-likeness (QED) is 0.759. The molecule has 2 nitrogen and oxygen atoms in total.